The van der Waals surface area contributed by atoms with E-state index in [9.17, 15) is 9.18 Å². The highest BCUT2D eigenvalue weighted by Crippen LogP contribution is 2.13. The summed E-state index contributed by atoms with van der Waals surface area (Å²) in [4.78, 5) is 14.1. The lowest BCUT2D eigenvalue weighted by Crippen LogP contribution is -2.36. The monoisotopic (exact) mass is 266 g/mol. The zero-order chi connectivity index (χ0) is 14.4. The predicted molar refractivity (Wildman–Crippen MR) is 75.5 cm³/mol. The molecule has 0 aliphatic carbocycles. The van der Waals surface area contributed by atoms with Crippen LogP contribution in [0.25, 0.3) is 0 Å². The number of hydrogen-bond acceptors (Lipinski definition) is 2. The van der Waals surface area contributed by atoms with Crippen molar-refractivity contribution in [1.29, 1.82) is 0 Å². The van der Waals surface area contributed by atoms with E-state index < -0.39 is 0 Å². The molecule has 1 amide bonds. The molecular formula is C15H23FN2O. The first-order valence-corrected chi connectivity index (χ1v) is 6.71. The molecule has 1 aromatic carbocycles. The van der Waals surface area contributed by atoms with Crippen LogP contribution < -0.4 is 5.73 Å². The lowest BCUT2D eigenvalue weighted by molar-refractivity contribution is 0.0734. The van der Waals surface area contributed by atoms with E-state index in [0.717, 1.165) is 6.42 Å². The maximum absolute atomic E-state index is 13.5. The van der Waals surface area contributed by atoms with Gasteiger partial charge in [-0.2, -0.15) is 0 Å². The van der Waals surface area contributed by atoms with Gasteiger partial charge in [0.05, 0.1) is 0 Å². The molecule has 4 heteroatoms. The zero-order valence-corrected chi connectivity index (χ0v) is 11.9. The molecule has 0 saturated carbocycles. The molecule has 0 bridgehead atoms. The first kappa shape index (κ1) is 15.6. The molecule has 0 aromatic heterocycles. The number of carbonyl (C=O) groups is 1. The molecule has 1 rings (SSSR count). The molecule has 0 aliphatic heterocycles. The van der Waals surface area contributed by atoms with Crippen molar-refractivity contribution >= 4 is 5.91 Å². The Hall–Kier alpha value is -1.42. The third-order valence-electron chi connectivity index (χ3n) is 2.92. The van der Waals surface area contributed by atoms with Crippen LogP contribution in [0.4, 0.5) is 4.39 Å². The Kier molecular flexibility index (Phi) is 5.96. The third-order valence-corrected chi connectivity index (χ3v) is 2.92. The molecule has 0 radical (unpaired) electrons. The largest absolute Gasteiger partial charge is 0.338 e. The average molecular weight is 266 g/mol. The fourth-order valence-electron chi connectivity index (χ4n) is 1.91. The number of amides is 1. The van der Waals surface area contributed by atoms with Crippen LogP contribution in [0.5, 0.6) is 0 Å². The van der Waals surface area contributed by atoms with Gasteiger partial charge in [-0.05, 0) is 43.5 Å². The predicted octanol–water partition coefficient (Wildman–Crippen LogP) is 2.58. The lowest BCUT2D eigenvalue weighted by atomic mass is 10.1. The highest BCUT2D eigenvalue weighted by Gasteiger charge is 2.17. The number of carbonyl (C=O) groups excluding carboxylic acids is 1. The van der Waals surface area contributed by atoms with Crippen LogP contribution in [-0.4, -0.2) is 30.4 Å². The Balaban J connectivity index is 2.87. The van der Waals surface area contributed by atoms with Gasteiger partial charge in [0, 0.05) is 18.7 Å². The van der Waals surface area contributed by atoms with E-state index in [-0.39, 0.29) is 11.7 Å². The maximum atomic E-state index is 13.5. The molecule has 0 aliphatic rings. The SMILES string of the molecule is Cc1ccc(C(=O)N(CCCN)CC(C)C)cc1F. The topological polar surface area (TPSA) is 46.3 Å². The number of benzene rings is 1. The average Bonchev–Trinajstić information content (AvgIpc) is 2.36. The second-order valence-electron chi connectivity index (χ2n) is 5.25. The summed E-state index contributed by atoms with van der Waals surface area (Å²) in [6, 6.07) is 4.63. The van der Waals surface area contributed by atoms with Gasteiger partial charge < -0.3 is 10.6 Å². The molecule has 1 aromatic rings. The minimum absolute atomic E-state index is 0.124. The molecule has 19 heavy (non-hydrogen) atoms. The number of aryl methyl sites for hydroxylation is 1. The Morgan fingerprint density at radius 3 is 2.63 bits per heavy atom. The van der Waals surface area contributed by atoms with Crippen molar-refractivity contribution in [1.82, 2.24) is 4.90 Å². The highest BCUT2D eigenvalue weighted by atomic mass is 19.1. The Morgan fingerprint density at radius 1 is 1.42 bits per heavy atom. The summed E-state index contributed by atoms with van der Waals surface area (Å²) in [6.07, 6.45) is 0.757. The van der Waals surface area contributed by atoms with Crippen LogP contribution in [0.3, 0.4) is 0 Å². The van der Waals surface area contributed by atoms with Crippen molar-refractivity contribution in [2.24, 2.45) is 11.7 Å². The van der Waals surface area contributed by atoms with E-state index in [1.807, 2.05) is 0 Å². The molecule has 3 nitrogen and oxygen atoms in total. The third kappa shape index (κ3) is 4.63. The van der Waals surface area contributed by atoms with E-state index >= 15 is 0 Å². The quantitative estimate of drug-likeness (QED) is 0.860. The van der Waals surface area contributed by atoms with Gasteiger partial charge in [0.2, 0.25) is 0 Å². The van der Waals surface area contributed by atoms with Crippen molar-refractivity contribution in [3.63, 3.8) is 0 Å². The maximum Gasteiger partial charge on any atom is 0.253 e. The van der Waals surface area contributed by atoms with Gasteiger partial charge in [-0.15, -0.1) is 0 Å². The normalized spacial score (nSPS) is 10.8. The molecule has 0 atom stereocenters. The van der Waals surface area contributed by atoms with E-state index in [2.05, 4.69) is 13.8 Å². The summed E-state index contributed by atoms with van der Waals surface area (Å²) in [7, 11) is 0. The number of hydrogen-bond donors (Lipinski definition) is 1. The summed E-state index contributed by atoms with van der Waals surface area (Å²) in [5, 5.41) is 0. The fourth-order valence-corrected chi connectivity index (χ4v) is 1.91. The number of rotatable bonds is 6. The first-order valence-electron chi connectivity index (χ1n) is 6.71. The second-order valence-corrected chi connectivity index (χ2v) is 5.25. The van der Waals surface area contributed by atoms with E-state index in [1.54, 1.807) is 24.0 Å². The molecule has 0 spiro atoms. The summed E-state index contributed by atoms with van der Waals surface area (Å²) < 4.78 is 13.5. The fraction of sp³-hybridized carbons (Fsp3) is 0.533. The molecule has 0 fully saturated rings. The Bertz CT molecular complexity index is 432. The Labute approximate surface area is 114 Å². The van der Waals surface area contributed by atoms with E-state index in [1.165, 1.54) is 6.07 Å². The van der Waals surface area contributed by atoms with Gasteiger partial charge in [-0.1, -0.05) is 19.9 Å². The Morgan fingerprint density at radius 2 is 2.11 bits per heavy atom. The van der Waals surface area contributed by atoms with Crippen LogP contribution in [0.2, 0.25) is 0 Å². The second kappa shape index (κ2) is 7.24. The van der Waals surface area contributed by atoms with Crippen LogP contribution in [0.1, 0.15) is 36.2 Å². The summed E-state index contributed by atoms with van der Waals surface area (Å²) >= 11 is 0. The molecule has 0 saturated heterocycles. The summed E-state index contributed by atoms with van der Waals surface area (Å²) in [5.74, 6) is -0.0905. The van der Waals surface area contributed by atoms with Crippen LogP contribution in [0, 0.1) is 18.7 Å². The highest BCUT2D eigenvalue weighted by molar-refractivity contribution is 5.94. The standard InChI is InChI=1S/C15H23FN2O/c1-11(2)10-18(8-4-7-17)15(19)13-6-5-12(3)14(16)9-13/h5-6,9,11H,4,7-8,10,17H2,1-3H3. The molecule has 106 valence electrons. The van der Waals surface area contributed by atoms with Crippen molar-refractivity contribution in [3.05, 3.63) is 35.1 Å². The first-order chi connectivity index (χ1) is 8.95. The van der Waals surface area contributed by atoms with Crippen LogP contribution in [0.15, 0.2) is 18.2 Å². The number of nitrogens with two attached hydrogens (primary N) is 1. The van der Waals surface area contributed by atoms with Gasteiger partial charge in [0.25, 0.3) is 5.91 Å². The minimum Gasteiger partial charge on any atom is -0.338 e. The van der Waals surface area contributed by atoms with Gasteiger partial charge in [-0.25, -0.2) is 4.39 Å². The summed E-state index contributed by atoms with van der Waals surface area (Å²) in [5.41, 5.74) is 6.45. The van der Waals surface area contributed by atoms with Crippen molar-refractivity contribution in [2.75, 3.05) is 19.6 Å². The smallest absolute Gasteiger partial charge is 0.253 e. The van der Waals surface area contributed by atoms with Crippen LogP contribution >= 0.6 is 0 Å². The molecule has 0 heterocycles. The van der Waals surface area contributed by atoms with Crippen molar-refractivity contribution in [3.8, 4) is 0 Å². The number of nitrogens with zero attached hydrogens (tertiary/aromatic N) is 1. The van der Waals surface area contributed by atoms with Crippen LogP contribution in [-0.2, 0) is 0 Å². The van der Waals surface area contributed by atoms with Crippen molar-refractivity contribution < 1.29 is 9.18 Å². The lowest BCUT2D eigenvalue weighted by Gasteiger charge is -2.24. The van der Waals surface area contributed by atoms with E-state index in [0.29, 0.717) is 36.7 Å². The number of halogens is 1. The van der Waals surface area contributed by atoms with Gasteiger partial charge in [0.15, 0.2) is 0 Å². The van der Waals surface area contributed by atoms with Gasteiger partial charge >= 0.3 is 0 Å². The van der Waals surface area contributed by atoms with Crippen molar-refractivity contribution in [2.45, 2.75) is 27.2 Å². The van der Waals surface area contributed by atoms with E-state index in [4.69, 9.17) is 5.73 Å². The van der Waals surface area contributed by atoms with Gasteiger partial charge in [0.1, 0.15) is 5.82 Å². The molecule has 0 unspecified atom stereocenters. The minimum atomic E-state index is -0.339. The van der Waals surface area contributed by atoms with Gasteiger partial charge in [-0.3, -0.25) is 4.79 Å². The molecule has 2 N–H and O–H groups in total. The zero-order valence-electron chi connectivity index (χ0n) is 11.9. The summed E-state index contributed by atoms with van der Waals surface area (Å²) in [6.45, 7) is 7.61. The molecular weight excluding hydrogens is 243 g/mol.